The lowest BCUT2D eigenvalue weighted by atomic mass is 9.88. The van der Waals surface area contributed by atoms with Crippen LogP contribution in [0.25, 0.3) is 22.4 Å². The Balaban J connectivity index is 1.53. The number of allylic oxidation sites excluding steroid dienone is 4. The Morgan fingerprint density at radius 3 is 2.53 bits per heavy atom. The Hall–Kier alpha value is -4.39. The molecule has 7 nitrogen and oxygen atoms in total. The number of fused-ring (bicyclic) bond motifs is 1. The van der Waals surface area contributed by atoms with Gasteiger partial charge in [0.25, 0.3) is 5.91 Å². The van der Waals surface area contributed by atoms with Crippen LogP contribution in [0.5, 0.6) is 5.75 Å². The summed E-state index contributed by atoms with van der Waals surface area (Å²) in [6.45, 7) is 0. The number of aromatic amines is 1. The lowest BCUT2D eigenvalue weighted by Crippen LogP contribution is -2.27. The topological polar surface area (TPSA) is 84.8 Å². The largest absolute Gasteiger partial charge is 0.497 e. The van der Waals surface area contributed by atoms with E-state index in [1.54, 1.807) is 18.0 Å². The number of H-pyrrole nitrogens is 1. The van der Waals surface area contributed by atoms with Crippen LogP contribution in [-0.2, 0) is 6.42 Å². The van der Waals surface area contributed by atoms with Crippen molar-refractivity contribution in [2.75, 3.05) is 12.4 Å². The highest BCUT2D eigenvalue weighted by Crippen LogP contribution is 2.40. The molecule has 1 aliphatic heterocycles. The van der Waals surface area contributed by atoms with Gasteiger partial charge in [-0.25, -0.2) is 0 Å². The van der Waals surface area contributed by atoms with Gasteiger partial charge in [0.15, 0.2) is 0 Å². The number of hydrogen-bond acceptors (Lipinski definition) is 5. The standard InChI is InChI=1S/C29H27N5O2/c1-36-22-14-12-20(13-15-22)26-23(31-25-16-17-30-32-25)18-24-27(19-8-4-2-5-9-19)28(33-34(24)29(26)35)21-10-6-3-7-11-21/h3,6-8,10-17H,2,4-5,9,18H2,1H3,(H2,30,31,32). The predicted molar refractivity (Wildman–Crippen MR) is 141 cm³/mol. The van der Waals surface area contributed by atoms with Crippen LogP contribution in [0.2, 0.25) is 0 Å². The second-order valence-electron chi connectivity index (χ2n) is 9.08. The minimum atomic E-state index is -0.150. The van der Waals surface area contributed by atoms with E-state index < -0.39 is 0 Å². The second kappa shape index (κ2) is 9.34. The molecule has 7 heteroatoms. The lowest BCUT2D eigenvalue weighted by Gasteiger charge is -2.23. The van der Waals surface area contributed by atoms with Crippen LogP contribution in [0.1, 0.15) is 47.3 Å². The average Bonchev–Trinajstić information content (AvgIpc) is 3.58. The molecular formula is C29H27N5O2. The summed E-state index contributed by atoms with van der Waals surface area (Å²) in [6, 6.07) is 19.6. The van der Waals surface area contributed by atoms with Gasteiger partial charge in [-0.15, -0.1) is 0 Å². The number of methoxy groups -OCH3 is 1. The van der Waals surface area contributed by atoms with Gasteiger partial charge in [0.1, 0.15) is 17.3 Å². The van der Waals surface area contributed by atoms with Gasteiger partial charge in [-0.2, -0.15) is 14.9 Å². The molecule has 6 rings (SSSR count). The number of ether oxygens (including phenoxy) is 1. The van der Waals surface area contributed by atoms with Crippen molar-refractivity contribution in [3.8, 4) is 17.0 Å². The van der Waals surface area contributed by atoms with Crippen molar-refractivity contribution in [1.82, 2.24) is 20.0 Å². The molecule has 0 saturated carbocycles. The minimum absolute atomic E-state index is 0.150. The van der Waals surface area contributed by atoms with Crippen molar-refractivity contribution in [2.45, 2.75) is 32.1 Å². The van der Waals surface area contributed by atoms with E-state index in [9.17, 15) is 4.79 Å². The number of aromatic nitrogens is 4. The molecule has 0 fully saturated rings. The summed E-state index contributed by atoms with van der Waals surface area (Å²) < 4.78 is 6.95. The summed E-state index contributed by atoms with van der Waals surface area (Å²) in [5.74, 6) is 1.32. The normalized spacial score (nSPS) is 15.5. The number of rotatable bonds is 6. The van der Waals surface area contributed by atoms with Gasteiger partial charge in [0.05, 0.1) is 24.6 Å². The fourth-order valence-corrected chi connectivity index (χ4v) is 5.13. The zero-order chi connectivity index (χ0) is 24.5. The van der Waals surface area contributed by atoms with Crippen LogP contribution < -0.4 is 10.1 Å². The molecule has 2 N–H and O–H groups in total. The second-order valence-corrected chi connectivity index (χ2v) is 9.08. The minimum Gasteiger partial charge on any atom is -0.497 e. The molecule has 36 heavy (non-hydrogen) atoms. The molecular weight excluding hydrogens is 450 g/mol. The summed E-state index contributed by atoms with van der Waals surface area (Å²) in [6.07, 6.45) is 8.93. The molecule has 0 atom stereocenters. The summed E-state index contributed by atoms with van der Waals surface area (Å²) >= 11 is 0. The molecule has 0 unspecified atom stereocenters. The van der Waals surface area contributed by atoms with Gasteiger partial charge < -0.3 is 10.1 Å². The van der Waals surface area contributed by atoms with E-state index in [0.29, 0.717) is 12.0 Å². The number of benzene rings is 2. The number of carbonyl (C=O) groups is 1. The monoisotopic (exact) mass is 477 g/mol. The molecule has 2 aromatic carbocycles. The maximum atomic E-state index is 14.1. The van der Waals surface area contributed by atoms with Crippen LogP contribution in [-0.4, -0.2) is 33.0 Å². The third-order valence-electron chi connectivity index (χ3n) is 6.86. The Morgan fingerprint density at radius 2 is 1.83 bits per heavy atom. The zero-order valence-corrected chi connectivity index (χ0v) is 20.1. The molecule has 2 aliphatic rings. The van der Waals surface area contributed by atoms with Crippen molar-refractivity contribution < 1.29 is 9.53 Å². The highest BCUT2D eigenvalue weighted by atomic mass is 16.5. The number of hydrogen-bond donors (Lipinski definition) is 2. The van der Waals surface area contributed by atoms with E-state index >= 15 is 0 Å². The fourth-order valence-electron chi connectivity index (χ4n) is 5.13. The molecule has 2 aromatic heterocycles. The highest BCUT2D eigenvalue weighted by molar-refractivity contribution is 6.23. The van der Waals surface area contributed by atoms with E-state index in [1.807, 2.05) is 48.5 Å². The quantitative estimate of drug-likeness (QED) is 0.358. The number of nitrogens with one attached hydrogen (secondary N) is 2. The summed E-state index contributed by atoms with van der Waals surface area (Å²) in [5.41, 5.74) is 7.39. The summed E-state index contributed by atoms with van der Waals surface area (Å²) in [5, 5.41) is 15.4. The fraction of sp³-hybridized carbons (Fsp3) is 0.207. The lowest BCUT2D eigenvalue weighted by molar-refractivity contribution is 0.0958. The Bertz CT molecular complexity index is 1460. The SMILES string of the molecule is COc1ccc(C2=C(Nc3ccn[nH]3)Cc3c(C4=CCCCC4)c(-c4ccccc4)nn3C2=O)cc1. The Kier molecular flexibility index (Phi) is 5.73. The van der Waals surface area contributed by atoms with Crippen molar-refractivity contribution in [3.63, 3.8) is 0 Å². The van der Waals surface area contributed by atoms with Crippen molar-refractivity contribution in [1.29, 1.82) is 0 Å². The van der Waals surface area contributed by atoms with Gasteiger partial charge in [-0.3, -0.25) is 9.89 Å². The molecule has 0 spiro atoms. The van der Waals surface area contributed by atoms with E-state index in [4.69, 9.17) is 9.84 Å². The summed E-state index contributed by atoms with van der Waals surface area (Å²) in [4.78, 5) is 14.1. The maximum Gasteiger partial charge on any atom is 0.280 e. The number of carbonyl (C=O) groups excluding carboxylic acids is 1. The molecule has 0 bridgehead atoms. The smallest absolute Gasteiger partial charge is 0.280 e. The van der Waals surface area contributed by atoms with Crippen LogP contribution in [0.3, 0.4) is 0 Å². The zero-order valence-electron chi connectivity index (χ0n) is 20.1. The van der Waals surface area contributed by atoms with Gasteiger partial charge >= 0.3 is 0 Å². The van der Waals surface area contributed by atoms with E-state index in [-0.39, 0.29) is 5.91 Å². The molecule has 4 aromatic rings. The predicted octanol–water partition coefficient (Wildman–Crippen LogP) is 5.96. The average molecular weight is 478 g/mol. The van der Waals surface area contributed by atoms with Gasteiger partial charge in [0, 0.05) is 29.3 Å². The Labute approximate surface area is 209 Å². The molecule has 1 aliphatic carbocycles. The first-order chi connectivity index (χ1) is 17.7. The molecule has 0 amide bonds. The van der Waals surface area contributed by atoms with Gasteiger partial charge in [-0.1, -0.05) is 48.5 Å². The molecule has 0 saturated heterocycles. The first kappa shape index (κ1) is 22.1. The Morgan fingerprint density at radius 1 is 1.00 bits per heavy atom. The van der Waals surface area contributed by atoms with E-state index in [2.05, 4.69) is 33.7 Å². The van der Waals surface area contributed by atoms with Gasteiger partial charge in [-0.05, 0) is 49.0 Å². The van der Waals surface area contributed by atoms with E-state index in [0.717, 1.165) is 64.6 Å². The third kappa shape index (κ3) is 3.92. The van der Waals surface area contributed by atoms with Crippen molar-refractivity contribution >= 4 is 22.9 Å². The van der Waals surface area contributed by atoms with Crippen LogP contribution in [0.15, 0.2) is 78.6 Å². The number of nitrogens with zero attached hydrogens (tertiary/aromatic N) is 3. The molecule has 0 radical (unpaired) electrons. The molecule has 3 heterocycles. The highest BCUT2D eigenvalue weighted by Gasteiger charge is 2.33. The van der Waals surface area contributed by atoms with Crippen LogP contribution in [0, 0.1) is 0 Å². The first-order valence-electron chi connectivity index (χ1n) is 12.3. The first-order valence-corrected chi connectivity index (χ1v) is 12.3. The molecule has 180 valence electrons. The van der Waals surface area contributed by atoms with Gasteiger partial charge in [0.2, 0.25) is 0 Å². The van der Waals surface area contributed by atoms with Crippen LogP contribution >= 0.6 is 0 Å². The van der Waals surface area contributed by atoms with Crippen molar-refractivity contribution in [2.24, 2.45) is 0 Å². The maximum absolute atomic E-state index is 14.1. The number of anilines is 1. The third-order valence-corrected chi connectivity index (χ3v) is 6.86. The van der Waals surface area contributed by atoms with Crippen molar-refractivity contribution in [3.05, 3.63) is 95.5 Å². The van der Waals surface area contributed by atoms with Crippen LogP contribution in [0.4, 0.5) is 5.82 Å². The van der Waals surface area contributed by atoms with E-state index in [1.165, 1.54) is 12.0 Å². The summed E-state index contributed by atoms with van der Waals surface area (Å²) in [7, 11) is 1.63.